The van der Waals surface area contributed by atoms with Crippen LogP contribution in [0.25, 0.3) is 0 Å². The highest BCUT2D eigenvalue weighted by molar-refractivity contribution is 8.00. The molecule has 8 heteroatoms. The molecule has 1 saturated heterocycles. The van der Waals surface area contributed by atoms with Crippen molar-refractivity contribution in [3.63, 3.8) is 0 Å². The number of amides is 1. The first-order chi connectivity index (χ1) is 12.9. The predicted molar refractivity (Wildman–Crippen MR) is 104 cm³/mol. The van der Waals surface area contributed by atoms with Gasteiger partial charge in [0.15, 0.2) is 0 Å². The van der Waals surface area contributed by atoms with Crippen molar-refractivity contribution >= 4 is 27.7 Å². The van der Waals surface area contributed by atoms with Crippen LogP contribution in [0.5, 0.6) is 0 Å². The fourth-order valence-corrected chi connectivity index (χ4v) is 5.29. The van der Waals surface area contributed by atoms with Crippen molar-refractivity contribution in [3.8, 4) is 0 Å². The summed E-state index contributed by atoms with van der Waals surface area (Å²) in [6.07, 6.45) is 0. The molecule has 0 bridgehead atoms. The number of benzene rings is 2. The Labute approximate surface area is 163 Å². The summed E-state index contributed by atoms with van der Waals surface area (Å²) in [5.74, 6) is -0.272. The molecule has 2 aromatic rings. The maximum Gasteiger partial charge on any atom is 0.243 e. The lowest BCUT2D eigenvalue weighted by atomic mass is 10.2. The zero-order chi connectivity index (χ0) is 19.4. The van der Waals surface area contributed by atoms with E-state index in [-0.39, 0.29) is 23.9 Å². The molecule has 0 saturated carbocycles. The second-order valence-electron chi connectivity index (χ2n) is 6.30. The van der Waals surface area contributed by atoms with Gasteiger partial charge in [0.25, 0.3) is 0 Å². The standard InChI is InChI=1S/C19H21FN2O3S2/c1-15-5-2-3-8-18(15)26-14-19(23)21-9-11-22(12-10-21)27(24,25)17-7-4-6-16(20)13-17/h2-8,13H,9-12,14H2,1H3. The zero-order valence-corrected chi connectivity index (χ0v) is 16.6. The fourth-order valence-electron chi connectivity index (χ4n) is 2.90. The molecule has 0 spiro atoms. The van der Waals surface area contributed by atoms with Crippen LogP contribution in [-0.4, -0.2) is 55.5 Å². The second kappa shape index (κ2) is 8.41. The molecular formula is C19H21FN2O3S2. The molecular weight excluding hydrogens is 387 g/mol. The third-order valence-corrected chi connectivity index (χ3v) is 7.52. The van der Waals surface area contributed by atoms with Gasteiger partial charge >= 0.3 is 0 Å². The van der Waals surface area contributed by atoms with Crippen molar-refractivity contribution in [3.05, 3.63) is 59.9 Å². The Morgan fingerprint density at radius 3 is 2.44 bits per heavy atom. The molecule has 1 heterocycles. The number of thioether (sulfide) groups is 1. The van der Waals surface area contributed by atoms with Gasteiger partial charge in [-0.05, 0) is 36.8 Å². The summed E-state index contributed by atoms with van der Waals surface area (Å²) < 4.78 is 39.9. The topological polar surface area (TPSA) is 57.7 Å². The largest absolute Gasteiger partial charge is 0.339 e. The van der Waals surface area contributed by atoms with E-state index in [4.69, 9.17) is 0 Å². The predicted octanol–water partition coefficient (Wildman–Crippen LogP) is 2.76. The zero-order valence-electron chi connectivity index (χ0n) is 15.0. The van der Waals surface area contributed by atoms with E-state index in [1.165, 1.54) is 34.3 Å². The fraction of sp³-hybridized carbons (Fsp3) is 0.316. The SMILES string of the molecule is Cc1ccccc1SCC(=O)N1CCN(S(=O)(=O)c2cccc(F)c2)CC1. The number of hydrogen-bond donors (Lipinski definition) is 0. The monoisotopic (exact) mass is 408 g/mol. The van der Waals surface area contributed by atoms with Crippen molar-refractivity contribution in [1.29, 1.82) is 0 Å². The normalized spacial score (nSPS) is 15.7. The summed E-state index contributed by atoms with van der Waals surface area (Å²) in [6, 6.07) is 12.9. The summed E-state index contributed by atoms with van der Waals surface area (Å²) >= 11 is 1.49. The highest BCUT2D eigenvalue weighted by Gasteiger charge is 2.30. The van der Waals surface area contributed by atoms with Crippen LogP contribution in [0, 0.1) is 12.7 Å². The summed E-state index contributed by atoms with van der Waals surface area (Å²) in [5, 5.41) is 0. The molecule has 0 radical (unpaired) electrons. The first-order valence-corrected chi connectivity index (χ1v) is 11.0. The summed E-state index contributed by atoms with van der Waals surface area (Å²) in [6.45, 7) is 3.09. The van der Waals surface area contributed by atoms with E-state index >= 15 is 0 Å². The van der Waals surface area contributed by atoms with Gasteiger partial charge < -0.3 is 4.90 Å². The van der Waals surface area contributed by atoms with Crippen LogP contribution in [-0.2, 0) is 14.8 Å². The van der Waals surface area contributed by atoms with Gasteiger partial charge in [0.05, 0.1) is 10.6 Å². The van der Waals surface area contributed by atoms with Crippen LogP contribution in [0.15, 0.2) is 58.3 Å². The highest BCUT2D eigenvalue weighted by Crippen LogP contribution is 2.23. The van der Waals surface area contributed by atoms with E-state index in [0.29, 0.717) is 18.8 Å². The Morgan fingerprint density at radius 1 is 1.07 bits per heavy atom. The van der Waals surface area contributed by atoms with E-state index in [2.05, 4.69) is 0 Å². The second-order valence-corrected chi connectivity index (χ2v) is 9.25. The Kier molecular flexibility index (Phi) is 6.18. The first kappa shape index (κ1) is 19.9. The molecule has 2 aromatic carbocycles. The summed E-state index contributed by atoms with van der Waals surface area (Å²) in [4.78, 5) is 15.1. The number of hydrogen-bond acceptors (Lipinski definition) is 4. The highest BCUT2D eigenvalue weighted by atomic mass is 32.2. The number of carbonyl (C=O) groups excluding carboxylic acids is 1. The molecule has 0 aromatic heterocycles. The van der Waals surface area contributed by atoms with Gasteiger partial charge in [-0.1, -0.05) is 24.3 Å². The molecule has 1 aliphatic rings. The van der Waals surface area contributed by atoms with Crippen molar-refractivity contribution in [1.82, 2.24) is 9.21 Å². The van der Waals surface area contributed by atoms with Gasteiger partial charge in [-0.2, -0.15) is 4.31 Å². The first-order valence-electron chi connectivity index (χ1n) is 8.60. The van der Waals surface area contributed by atoms with Crippen molar-refractivity contribution in [2.45, 2.75) is 16.7 Å². The summed E-state index contributed by atoms with van der Waals surface area (Å²) in [7, 11) is -3.74. The Balaban J connectivity index is 1.57. The maximum atomic E-state index is 13.3. The Hall–Kier alpha value is -1.90. The van der Waals surface area contributed by atoms with Gasteiger partial charge in [-0.25, -0.2) is 12.8 Å². The molecule has 0 unspecified atom stereocenters. The number of nitrogens with zero attached hydrogens (tertiary/aromatic N) is 2. The molecule has 1 amide bonds. The van der Waals surface area contributed by atoms with E-state index in [9.17, 15) is 17.6 Å². The Morgan fingerprint density at radius 2 is 1.78 bits per heavy atom. The minimum Gasteiger partial charge on any atom is -0.339 e. The molecule has 144 valence electrons. The molecule has 5 nitrogen and oxygen atoms in total. The molecule has 0 aliphatic carbocycles. The van der Waals surface area contributed by atoms with Crippen LogP contribution in [0.4, 0.5) is 4.39 Å². The minimum atomic E-state index is -3.74. The number of carbonyl (C=O) groups is 1. The minimum absolute atomic E-state index is 0.00828. The average Bonchev–Trinajstić information content (AvgIpc) is 2.67. The quantitative estimate of drug-likeness (QED) is 0.714. The molecule has 0 N–H and O–H groups in total. The van der Waals surface area contributed by atoms with Gasteiger partial charge in [-0.15, -0.1) is 11.8 Å². The molecule has 27 heavy (non-hydrogen) atoms. The lowest BCUT2D eigenvalue weighted by Gasteiger charge is -2.34. The van der Waals surface area contributed by atoms with E-state index < -0.39 is 15.8 Å². The van der Waals surface area contributed by atoms with Crippen molar-refractivity contribution in [2.75, 3.05) is 31.9 Å². The molecule has 0 atom stereocenters. The number of rotatable bonds is 5. The molecule has 3 rings (SSSR count). The van der Waals surface area contributed by atoms with E-state index in [1.807, 2.05) is 31.2 Å². The summed E-state index contributed by atoms with van der Waals surface area (Å²) in [5.41, 5.74) is 1.13. The van der Waals surface area contributed by atoms with E-state index in [0.717, 1.165) is 16.5 Å². The van der Waals surface area contributed by atoms with Crippen molar-refractivity contribution in [2.24, 2.45) is 0 Å². The van der Waals surface area contributed by atoms with Crippen molar-refractivity contribution < 1.29 is 17.6 Å². The smallest absolute Gasteiger partial charge is 0.243 e. The van der Waals surface area contributed by atoms with Crippen LogP contribution in [0.3, 0.4) is 0 Å². The molecule has 1 fully saturated rings. The van der Waals surface area contributed by atoms with Gasteiger partial charge in [0, 0.05) is 31.1 Å². The molecule has 1 aliphatic heterocycles. The lowest BCUT2D eigenvalue weighted by Crippen LogP contribution is -2.50. The maximum absolute atomic E-state index is 13.3. The van der Waals surface area contributed by atoms with Crippen LogP contribution in [0.2, 0.25) is 0 Å². The van der Waals surface area contributed by atoms with Gasteiger partial charge in [0.2, 0.25) is 15.9 Å². The number of halogens is 1. The van der Waals surface area contributed by atoms with Crippen LogP contribution < -0.4 is 0 Å². The number of sulfonamides is 1. The van der Waals surface area contributed by atoms with E-state index in [1.54, 1.807) is 4.90 Å². The van der Waals surface area contributed by atoms with Gasteiger partial charge in [-0.3, -0.25) is 4.79 Å². The van der Waals surface area contributed by atoms with Gasteiger partial charge in [0.1, 0.15) is 5.82 Å². The number of aryl methyl sites for hydroxylation is 1. The Bertz CT molecular complexity index is 926. The van der Waals surface area contributed by atoms with Crippen LogP contribution >= 0.6 is 11.8 Å². The third kappa shape index (κ3) is 4.69. The number of piperazine rings is 1. The van der Waals surface area contributed by atoms with Crippen LogP contribution in [0.1, 0.15) is 5.56 Å². The average molecular weight is 409 g/mol. The third-order valence-electron chi connectivity index (χ3n) is 4.47. The lowest BCUT2D eigenvalue weighted by molar-refractivity contribution is -0.129.